The number of thiazole rings is 1. The van der Waals surface area contributed by atoms with Crippen molar-refractivity contribution in [2.45, 2.75) is 0 Å². The van der Waals surface area contributed by atoms with Crippen molar-refractivity contribution in [2.24, 2.45) is 0 Å². The Morgan fingerprint density at radius 2 is 2.07 bits per heavy atom. The molecule has 2 aromatic rings. The molecule has 1 aliphatic heterocycles. The summed E-state index contributed by atoms with van der Waals surface area (Å²) in [6, 6.07) is 5.76. The zero-order chi connectivity index (χ0) is 20.3. The van der Waals surface area contributed by atoms with Crippen LogP contribution in [0.4, 0.5) is 5.13 Å². The number of fused-ring (bicyclic) bond motifs is 1. The number of carbonyl (C=O) groups is 1. The number of nitrogens with zero attached hydrogens (tertiary/aromatic N) is 4. The maximum absolute atomic E-state index is 13.0. The predicted octanol–water partition coefficient (Wildman–Crippen LogP) is 1.62. The van der Waals surface area contributed by atoms with Crippen molar-refractivity contribution < 1.29 is 17.9 Å². The fourth-order valence-electron chi connectivity index (χ4n) is 2.79. The van der Waals surface area contributed by atoms with Crippen LogP contribution < -0.4 is 4.90 Å². The third-order valence-corrected chi connectivity index (χ3v) is 7.33. The molecule has 0 aliphatic carbocycles. The van der Waals surface area contributed by atoms with E-state index < -0.39 is 10.0 Å². The Bertz CT molecular complexity index is 944. The fourth-order valence-corrected chi connectivity index (χ4v) is 4.69. The zero-order valence-corrected chi connectivity index (χ0v) is 19.0. The number of ether oxygens (including phenoxy) is 1. The second-order valence-electron chi connectivity index (χ2n) is 6.63. The highest BCUT2D eigenvalue weighted by atomic mass is 79.9. The van der Waals surface area contributed by atoms with E-state index in [0.29, 0.717) is 31.4 Å². The van der Waals surface area contributed by atoms with E-state index in [2.05, 4.69) is 25.8 Å². The van der Waals surface area contributed by atoms with Crippen LogP contribution in [0.3, 0.4) is 0 Å². The van der Waals surface area contributed by atoms with Crippen LogP contribution in [-0.4, -0.2) is 87.8 Å². The Morgan fingerprint density at radius 3 is 2.75 bits per heavy atom. The van der Waals surface area contributed by atoms with Crippen molar-refractivity contribution in [3.8, 4) is 0 Å². The van der Waals surface area contributed by atoms with Gasteiger partial charge >= 0.3 is 0 Å². The molecule has 11 heteroatoms. The molecule has 154 valence electrons. The van der Waals surface area contributed by atoms with Crippen LogP contribution in [0.25, 0.3) is 10.2 Å². The van der Waals surface area contributed by atoms with Crippen LogP contribution in [0, 0.1) is 0 Å². The van der Waals surface area contributed by atoms with Crippen LogP contribution in [-0.2, 0) is 19.6 Å². The number of likely N-dealkylation sites (N-methyl/N-ethyl adjacent to an activating group) is 1. The van der Waals surface area contributed by atoms with Crippen LogP contribution in [0.1, 0.15) is 0 Å². The molecule has 1 amide bonds. The number of amides is 1. The van der Waals surface area contributed by atoms with Gasteiger partial charge in [0.25, 0.3) is 0 Å². The van der Waals surface area contributed by atoms with E-state index in [1.54, 1.807) is 4.90 Å². The van der Waals surface area contributed by atoms with Crippen molar-refractivity contribution in [2.75, 3.05) is 64.1 Å². The van der Waals surface area contributed by atoms with Crippen LogP contribution in [0.15, 0.2) is 22.7 Å². The van der Waals surface area contributed by atoms with E-state index in [1.165, 1.54) is 18.4 Å². The van der Waals surface area contributed by atoms with Gasteiger partial charge in [0.15, 0.2) is 5.13 Å². The maximum atomic E-state index is 13.0. The summed E-state index contributed by atoms with van der Waals surface area (Å²) in [5.74, 6) is -0.292. The van der Waals surface area contributed by atoms with Crippen molar-refractivity contribution >= 4 is 58.5 Å². The van der Waals surface area contributed by atoms with Gasteiger partial charge < -0.3 is 4.74 Å². The molecule has 28 heavy (non-hydrogen) atoms. The molecule has 0 atom stereocenters. The van der Waals surface area contributed by atoms with Crippen molar-refractivity contribution in [3.63, 3.8) is 0 Å². The summed E-state index contributed by atoms with van der Waals surface area (Å²) in [7, 11) is -2.04. The summed E-state index contributed by atoms with van der Waals surface area (Å²) in [6.45, 7) is 3.90. The first kappa shape index (κ1) is 21.6. The fraction of sp³-hybridized carbons (Fsp3) is 0.529. The first-order valence-electron chi connectivity index (χ1n) is 8.82. The molecule has 3 rings (SSSR count). The minimum Gasteiger partial charge on any atom is -0.379 e. The van der Waals surface area contributed by atoms with E-state index in [9.17, 15) is 13.2 Å². The Balaban J connectivity index is 1.82. The monoisotopic (exact) mass is 490 g/mol. The van der Waals surface area contributed by atoms with E-state index in [4.69, 9.17) is 4.74 Å². The largest absolute Gasteiger partial charge is 0.379 e. The second kappa shape index (κ2) is 9.14. The Kier molecular flexibility index (Phi) is 7.05. The quantitative estimate of drug-likeness (QED) is 0.586. The molecule has 0 N–H and O–H groups in total. The summed E-state index contributed by atoms with van der Waals surface area (Å²) in [4.78, 5) is 21.4. The minimum atomic E-state index is -3.44. The van der Waals surface area contributed by atoms with Gasteiger partial charge in [0, 0.05) is 37.7 Å². The number of rotatable bonds is 7. The van der Waals surface area contributed by atoms with E-state index in [1.807, 2.05) is 18.2 Å². The first-order valence-corrected chi connectivity index (χ1v) is 12.3. The lowest BCUT2D eigenvalue weighted by Gasteiger charge is -2.29. The van der Waals surface area contributed by atoms with Gasteiger partial charge in [0.05, 0.1) is 36.2 Å². The number of hydrogen-bond donors (Lipinski definition) is 0. The highest BCUT2D eigenvalue weighted by Crippen LogP contribution is 2.31. The SMILES string of the molecule is CN(CC(=O)N(CCN1CCOCC1)c1nc2ccc(Br)cc2s1)S(C)(=O)=O. The molecule has 0 saturated carbocycles. The zero-order valence-electron chi connectivity index (χ0n) is 15.8. The Labute approximate surface area is 177 Å². The number of benzene rings is 1. The molecule has 1 fully saturated rings. The number of carbonyl (C=O) groups excluding carboxylic acids is 1. The summed E-state index contributed by atoms with van der Waals surface area (Å²) < 4.78 is 31.8. The van der Waals surface area contributed by atoms with E-state index in [-0.39, 0.29) is 12.5 Å². The van der Waals surface area contributed by atoms with Gasteiger partial charge in [-0.15, -0.1) is 0 Å². The minimum absolute atomic E-state index is 0.221. The van der Waals surface area contributed by atoms with Crippen LogP contribution in [0.2, 0.25) is 0 Å². The summed E-state index contributed by atoms with van der Waals surface area (Å²) in [5.41, 5.74) is 0.809. The van der Waals surface area contributed by atoms with Gasteiger partial charge in [-0.3, -0.25) is 14.6 Å². The normalized spacial score (nSPS) is 16.0. The lowest BCUT2D eigenvalue weighted by Crippen LogP contribution is -2.46. The molecule has 2 heterocycles. The topological polar surface area (TPSA) is 83.1 Å². The smallest absolute Gasteiger partial charge is 0.244 e. The lowest BCUT2D eigenvalue weighted by molar-refractivity contribution is -0.118. The average molecular weight is 491 g/mol. The lowest BCUT2D eigenvalue weighted by atomic mass is 10.3. The summed E-state index contributed by atoms with van der Waals surface area (Å²) in [6.07, 6.45) is 1.09. The summed E-state index contributed by atoms with van der Waals surface area (Å²) >= 11 is 4.87. The molecule has 1 aromatic carbocycles. The number of hydrogen-bond acceptors (Lipinski definition) is 7. The maximum Gasteiger partial charge on any atom is 0.244 e. The Morgan fingerprint density at radius 1 is 1.36 bits per heavy atom. The molecular weight excluding hydrogens is 468 g/mol. The van der Waals surface area contributed by atoms with E-state index in [0.717, 1.165) is 38.3 Å². The first-order chi connectivity index (χ1) is 13.2. The van der Waals surface area contributed by atoms with Crippen LogP contribution >= 0.6 is 27.3 Å². The van der Waals surface area contributed by atoms with Crippen molar-refractivity contribution in [1.29, 1.82) is 0 Å². The number of aromatic nitrogens is 1. The third-order valence-electron chi connectivity index (χ3n) is 4.54. The van der Waals surface area contributed by atoms with Crippen molar-refractivity contribution in [3.05, 3.63) is 22.7 Å². The molecule has 1 aromatic heterocycles. The molecule has 0 spiro atoms. The highest BCUT2D eigenvalue weighted by Gasteiger charge is 2.25. The standard InChI is InChI=1S/C17H23BrN4O4S2/c1-20(28(2,24)25)12-16(23)22(6-5-21-7-9-26-10-8-21)17-19-14-4-3-13(18)11-15(14)27-17/h3-4,11H,5-10,12H2,1-2H3. The second-order valence-corrected chi connectivity index (χ2v) is 10.6. The van der Waals surface area contributed by atoms with Gasteiger partial charge in [-0.05, 0) is 18.2 Å². The van der Waals surface area contributed by atoms with Gasteiger partial charge in [-0.2, -0.15) is 4.31 Å². The van der Waals surface area contributed by atoms with Gasteiger partial charge in [0.2, 0.25) is 15.9 Å². The predicted molar refractivity (Wildman–Crippen MR) is 114 cm³/mol. The molecule has 0 radical (unpaired) electrons. The molecule has 1 saturated heterocycles. The molecule has 0 unspecified atom stereocenters. The molecular formula is C17H23BrN4O4S2. The average Bonchev–Trinajstić information content (AvgIpc) is 3.04. The van der Waals surface area contributed by atoms with Crippen molar-refractivity contribution in [1.82, 2.24) is 14.2 Å². The molecule has 0 bridgehead atoms. The Hall–Kier alpha value is -1.11. The van der Waals surface area contributed by atoms with Gasteiger partial charge in [-0.25, -0.2) is 13.4 Å². The number of sulfonamides is 1. The third kappa shape index (κ3) is 5.49. The van der Waals surface area contributed by atoms with Gasteiger partial charge in [0.1, 0.15) is 0 Å². The van der Waals surface area contributed by atoms with E-state index >= 15 is 0 Å². The van der Waals surface area contributed by atoms with Crippen LogP contribution in [0.5, 0.6) is 0 Å². The number of morpholine rings is 1. The number of anilines is 1. The molecule has 8 nitrogen and oxygen atoms in total. The highest BCUT2D eigenvalue weighted by molar-refractivity contribution is 9.10. The molecule has 1 aliphatic rings. The van der Waals surface area contributed by atoms with Gasteiger partial charge in [-0.1, -0.05) is 27.3 Å². The number of halogens is 1. The summed E-state index contributed by atoms with van der Waals surface area (Å²) in [5, 5.41) is 0.577.